The third-order valence-electron chi connectivity index (χ3n) is 3.23. The topological polar surface area (TPSA) is 62.8 Å². The van der Waals surface area contributed by atoms with E-state index in [1.807, 2.05) is 6.07 Å². The number of H-pyrrole nitrogens is 1. The van der Waals surface area contributed by atoms with E-state index >= 15 is 0 Å². The van der Waals surface area contributed by atoms with Crippen LogP contribution in [0.3, 0.4) is 0 Å². The van der Waals surface area contributed by atoms with Crippen molar-refractivity contribution in [3.05, 3.63) is 40.4 Å². The lowest BCUT2D eigenvalue weighted by atomic mass is 10.0. The predicted molar refractivity (Wildman–Crippen MR) is 74.8 cm³/mol. The number of hydrogen-bond acceptors (Lipinski definition) is 4. The van der Waals surface area contributed by atoms with Crippen LogP contribution in [0.1, 0.15) is 30.3 Å². The number of ether oxygens (including phenoxy) is 1. The van der Waals surface area contributed by atoms with E-state index in [4.69, 9.17) is 4.74 Å². The fourth-order valence-electron chi connectivity index (χ4n) is 2.29. The number of nitrogens with one attached hydrogen (secondary N) is 2. The number of halogens is 1. The van der Waals surface area contributed by atoms with Crippen molar-refractivity contribution in [1.82, 2.24) is 20.5 Å². The molecule has 2 N–H and O–H groups in total. The Bertz CT molecular complexity index is 544. The molecule has 0 aliphatic carbocycles. The number of aromatic amines is 1. The van der Waals surface area contributed by atoms with E-state index in [0.29, 0.717) is 6.54 Å². The van der Waals surface area contributed by atoms with E-state index < -0.39 is 0 Å². The second-order valence-corrected chi connectivity index (χ2v) is 5.45. The number of benzene rings is 1. The molecule has 2 heterocycles. The first kappa shape index (κ1) is 12.6. The van der Waals surface area contributed by atoms with Crippen LogP contribution in [0.5, 0.6) is 5.75 Å². The van der Waals surface area contributed by atoms with Gasteiger partial charge in [-0.15, -0.1) is 0 Å². The van der Waals surface area contributed by atoms with Gasteiger partial charge in [0, 0.05) is 16.1 Å². The lowest BCUT2D eigenvalue weighted by Gasteiger charge is -2.17. The smallest absolute Gasteiger partial charge is 0.138 e. The SMILES string of the molecule is Brc1ccc2c(c1)OCCCC2NCc1ncn[nH]1. The van der Waals surface area contributed by atoms with Crippen LogP contribution in [-0.4, -0.2) is 21.8 Å². The molecular weight excluding hydrogens is 308 g/mol. The Balaban J connectivity index is 1.78. The van der Waals surface area contributed by atoms with Gasteiger partial charge in [0.1, 0.15) is 17.9 Å². The Labute approximate surface area is 119 Å². The van der Waals surface area contributed by atoms with Gasteiger partial charge in [-0.25, -0.2) is 4.98 Å². The van der Waals surface area contributed by atoms with Gasteiger partial charge < -0.3 is 10.1 Å². The number of nitrogens with zero attached hydrogens (tertiary/aromatic N) is 2. The molecule has 0 spiro atoms. The summed E-state index contributed by atoms with van der Waals surface area (Å²) in [6.07, 6.45) is 3.63. The molecule has 1 unspecified atom stereocenters. The quantitative estimate of drug-likeness (QED) is 0.911. The summed E-state index contributed by atoms with van der Waals surface area (Å²) >= 11 is 3.48. The van der Waals surface area contributed by atoms with Crippen LogP contribution in [0.25, 0.3) is 0 Å². The minimum absolute atomic E-state index is 0.288. The summed E-state index contributed by atoms with van der Waals surface area (Å²) in [6.45, 7) is 1.45. The molecule has 0 fully saturated rings. The van der Waals surface area contributed by atoms with Crippen molar-refractivity contribution in [2.75, 3.05) is 6.61 Å². The van der Waals surface area contributed by atoms with Gasteiger partial charge in [0.15, 0.2) is 0 Å². The maximum Gasteiger partial charge on any atom is 0.138 e. The van der Waals surface area contributed by atoms with Gasteiger partial charge in [-0.05, 0) is 25.0 Å². The zero-order valence-corrected chi connectivity index (χ0v) is 12.0. The molecule has 3 rings (SSSR count). The molecule has 0 saturated heterocycles. The van der Waals surface area contributed by atoms with Crippen LogP contribution < -0.4 is 10.1 Å². The summed E-state index contributed by atoms with van der Waals surface area (Å²) in [4.78, 5) is 4.13. The number of rotatable bonds is 3. The van der Waals surface area contributed by atoms with Crippen molar-refractivity contribution in [3.8, 4) is 5.75 Å². The highest BCUT2D eigenvalue weighted by Crippen LogP contribution is 2.33. The zero-order valence-electron chi connectivity index (χ0n) is 10.4. The molecule has 0 amide bonds. The van der Waals surface area contributed by atoms with Crippen LogP contribution in [-0.2, 0) is 6.54 Å². The molecule has 0 radical (unpaired) electrons. The summed E-state index contributed by atoms with van der Waals surface area (Å²) in [6, 6.07) is 6.49. The molecule has 1 aliphatic rings. The Morgan fingerprint density at radius 2 is 2.42 bits per heavy atom. The Morgan fingerprint density at radius 3 is 3.26 bits per heavy atom. The van der Waals surface area contributed by atoms with Crippen molar-refractivity contribution in [3.63, 3.8) is 0 Å². The molecular formula is C13H15BrN4O. The maximum absolute atomic E-state index is 5.79. The van der Waals surface area contributed by atoms with E-state index in [-0.39, 0.29) is 6.04 Å². The van der Waals surface area contributed by atoms with Crippen LogP contribution in [0.4, 0.5) is 0 Å². The van der Waals surface area contributed by atoms with Gasteiger partial charge in [-0.1, -0.05) is 22.0 Å². The first-order chi connectivity index (χ1) is 9.33. The second kappa shape index (κ2) is 5.71. The average Bonchev–Trinajstić information content (AvgIpc) is 2.84. The van der Waals surface area contributed by atoms with E-state index in [9.17, 15) is 0 Å². The summed E-state index contributed by atoms with van der Waals surface area (Å²) in [5.41, 5.74) is 1.21. The Kier molecular flexibility index (Phi) is 3.79. The van der Waals surface area contributed by atoms with Crippen molar-refractivity contribution in [2.45, 2.75) is 25.4 Å². The first-order valence-electron chi connectivity index (χ1n) is 6.33. The fourth-order valence-corrected chi connectivity index (χ4v) is 2.63. The fraction of sp³-hybridized carbons (Fsp3) is 0.385. The Morgan fingerprint density at radius 1 is 1.47 bits per heavy atom. The van der Waals surface area contributed by atoms with Gasteiger partial charge in [-0.2, -0.15) is 5.10 Å². The van der Waals surface area contributed by atoms with E-state index in [2.05, 4.69) is 48.6 Å². The summed E-state index contributed by atoms with van der Waals surface area (Å²) in [5.74, 6) is 1.81. The molecule has 19 heavy (non-hydrogen) atoms. The number of fused-ring (bicyclic) bond motifs is 1. The maximum atomic E-state index is 5.79. The summed E-state index contributed by atoms with van der Waals surface area (Å²) < 4.78 is 6.83. The van der Waals surface area contributed by atoms with Crippen LogP contribution in [0, 0.1) is 0 Å². The molecule has 6 heteroatoms. The number of aromatic nitrogens is 3. The minimum atomic E-state index is 0.288. The first-order valence-corrected chi connectivity index (χ1v) is 7.12. The molecule has 2 aromatic rings. The highest BCUT2D eigenvalue weighted by atomic mass is 79.9. The molecule has 0 bridgehead atoms. The summed E-state index contributed by atoms with van der Waals surface area (Å²) in [5, 5.41) is 10.2. The highest BCUT2D eigenvalue weighted by Gasteiger charge is 2.19. The molecule has 1 aromatic heterocycles. The van der Waals surface area contributed by atoms with Gasteiger partial charge in [-0.3, -0.25) is 5.10 Å². The van der Waals surface area contributed by atoms with Crippen LogP contribution >= 0.6 is 15.9 Å². The van der Waals surface area contributed by atoms with Crippen molar-refractivity contribution >= 4 is 15.9 Å². The lowest BCUT2D eigenvalue weighted by Crippen LogP contribution is -2.21. The van der Waals surface area contributed by atoms with E-state index in [0.717, 1.165) is 35.5 Å². The molecule has 1 atom stereocenters. The second-order valence-electron chi connectivity index (χ2n) is 4.54. The van der Waals surface area contributed by atoms with Crippen molar-refractivity contribution in [1.29, 1.82) is 0 Å². The molecule has 1 aliphatic heterocycles. The molecule has 100 valence electrons. The van der Waals surface area contributed by atoms with E-state index in [1.165, 1.54) is 11.9 Å². The van der Waals surface area contributed by atoms with E-state index in [1.54, 1.807) is 0 Å². The minimum Gasteiger partial charge on any atom is -0.493 e. The van der Waals surface area contributed by atoms with Gasteiger partial charge >= 0.3 is 0 Å². The third kappa shape index (κ3) is 2.96. The summed E-state index contributed by atoms with van der Waals surface area (Å²) in [7, 11) is 0. The predicted octanol–water partition coefficient (Wildman–Crippen LogP) is 2.57. The van der Waals surface area contributed by atoms with Crippen LogP contribution in [0.2, 0.25) is 0 Å². The lowest BCUT2D eigenvalue weighted by molar-refractivity contribution is 0.315. The molecule has 1 aromatic carbocycles. The molecule has 0 saturated carbocycles. The van der Waals surface area contributed by atoms with Gasteiger partial charge in [0.05, 0.1) is 13.2 Å². The highest BCUT2D eigenvalue weighted by molar-refractivity contribution is 9.10. The average molecular weight is 323 g/mol. The third-order valence-corrected chi connectivity index (χ3v) is 3.72. The van der Waals surface area contributed by atoms with Gasteiger partial charge in [0.2, 0.25) is 0 Å². The van der Waals surface area contributed by atoms with Gasteiger partial charge in [0.25, 0.3) is 0 Å². The number of hydrogen-bond donors (Lipinski definition) is 2. The zero-order chi connectivity index (χ0) is 13.1. The standard InChI is InChI=1S/C13H15BrN4O/c14-9-3-4-10-11(2-1-5-19-12(10)6-9)15-7-13-16-8-17-18-13/h3-4,6,8,11,15H,1-2,5,7H2,(H,16,17,18). The largest absolute Gasteiger partial charge is 0.493 e. The normalized spacial score (nSPS) is 18.5. The van der Waals surface area contributed by atoms with Crippen LogP contribution in [0.15, 0.2) is 29.0 Å². The Hall–Kier alpha value is -1.40. The molecule has 5 nitrogen and oxygen atoms in total. The monoisotopic (exact) mass is 322 g/mol. The van der Waals surface area contributed by atoms with Crippen molar-refractivity contribution < 1.29 is 4.74 Å². The van der Waals surface area contributed by atoms with Crippen molar-refractivity contribution in [2.24, 2.45) is 0 Å².